The molecule has 2 aromatic rings. The fourth-order valence-electron chi connectivity index (χ4n) is 3.17. The summed E-state index contributed by atoms with van der Waals surface area (Å²) in [7, 11) is 0. The first-order valence-electron chi connectivity index (χ1n) is 8.88. The van der Waals surface area contributed by atoms with Gasteiger partial charge in [0, 0.05) is 36.5 Å². The number of carboxylic acid groups (broad SMARTS) is 1. The van der Waals surface area contributed by atoms with Crippen LogP contribution in [0.1, 0.15) is 18.9 Å². The van der Waals surface area contributed by atoms with Gasteiger partial charge in [0.1, 0.15) is 5.75 Å². The van der Waals surface area contributed by atoms with E-state index in [0.29, 0.717) is 24.9 Å². The normalized spacial score (nSPS) is 17.8. The summed E-state index contributed by atoms with van der Waals surface area (Å²) >= 11 is 0. The molecule has 3 rings (SSSR count). The van der Waals surface area contributed by atoms with Crippen LogP contribution in [0.2, 0.25) is 0 Å². The van der Waals surface area contributed by atoms with Crippen LogP contribution in [0.4, 0.5) is 0 Å². The Labute approximate surface area is 153 Å². The molecule has 1 aliphatic heterocycles. The Morgan fingerprint density at radius 3 is 3.00 bits per heavy atom. The number of carbonyl (C=O) groups is 1. The van der Waals surface area contributed by atoms with Gasteiger partial charge in [-0.1, -0.05) is 13.0 Å². The lowest BCUT2D eigenvalue weighted by atomic mass is 10.0. The summed E-state index contributed by atoms with van der Waals surface area (Å²) in [4.78, 5) is 17.7. The van der Waals surface area contributed by atoms with Gasteiger partial charge in [0.25, 0.3) is 0 Å². The van der Waals surface area contributed by atoms with Crippen molar-refractivity contribution >= 4 is 5.97 Å². The number of aliphatic carboxylic acids is 1. The van der Waals surface area contributed by atoms with Crippen molar-refractivity contribution < 1.29 is 19.4 Å². The molecule has 6 heteroatoms. The molecule has 2 heterocycles. The van der Waals surface area contributed by atoms with Gasteiger partial charge in [-0.2, -0.15) is 0 Å². The minimum absolute atomic E-state index is 0.351. The highest BCUT2D eigenvalue weighted by atomic mass is 16.5. The van der Waals surface area contributed by atoms with Crippen LogP contribution in [0, 0.1) is 0 Å². The van der Waals surface area contributed by atoms with E-state index in [-0.39, 0.29) is 6.61 Å². The summed E-state index contributed by atoms with van der Waals surface area (Å²) in [6.07, 6.45) is 2.77. The van der Waals surface area contributed by atoms with Crippen LogP contribution in [0.3, 0.4) is 0 Å². The van der Waals surface area contributed by atoms with Crippen molar-refractivity contribution in [1.82, 2.24) is 9.88 Å². The second kappa shape index (κ2) is 8.78. The number of nitrogens with zero attached hydrogens (tertiary/aromatic N) is 2. The number of ether oxygens (including phenoxy) is 2. The van der Waals surface area contributed by atoms with Crippen molar-refractivity contribution in [2.24, 2.45) is 0 Å². The average molecular weight is 356 g/mol. The molecule has 1 fully saturated rings. The number of aromatic nitrogens is 1. The molecule has 0 spiro atoms. The second-order valence-electron chi connectivity index (χ2n) is 6.33. The molecule has 1 aromatic carbocycles. The van der Waals surface area contributed by atoms with E-state index in [1.54, 1.807) is 6.20 Å². The first-order chi connectivity index (χ1) is 12.7. The molecule has 1 aromatic heterocycles. The van der Waals surface area contributed by atoms with Crippen LogP contribution in [-0.4, -0.2) is 53.4 Å². The predicted molar refractivity (Wildman–Crippen MR) is 98.1 cm³/mol. The van der Waals surface area contributed by atoms with Gasteiger partial charge in [0.2, 0.25) is 0 Å². The van der Waals surface area contributed by atoms with Crippen LogP contribution in [0.15, 0.2) is 42.6 Å². The molecular weight excluding hydrogens is 332 g/mol. The Balaban J connectivity index is 1.88. The third-order valence-electron chi connectivity index (χ3n) is 4.57. The van der Waals surface area contributed by atoms with E-state index in [2.05, 4.69) is 16.8 Å². The molecular formula is C20H24N2O4. The Bertz CT molecular complexity index is 736. The van der Waals surface area contributed by atoms with Crippen molar-refractivity contribution in [3.63, 3.8) is 0 Å². The number of carboxylic acids is 1. The molecule has 0 radical (unpaired) electrons. The van der Waals surface area contributed by atoms with Crippen LogP contribution in [0.5, 0.6) is 5.75 Å². The molecule has 0 saturated carbocycles. The molecule has 138 valence electrons. The first-order valence-corrected chi connectivity index (χ1v) is 8.88. The summed E-state index contributed by atoms with van der Waals surface area (Å²) in [5, 5.41) is 8.94. The summed E-state index contributed by atoms with van der Waals surface area (Å²) in [6, 6.07) is 11.9. The minimum atomic E-state index is -0.984. The van der Waals surface area contributed by atoms with Crippen molar-refractivity contribution in [3.8, 4) is 17.0 Å². The second-order valence-corrected chi connectivity index (χ2v) is 6.33. The summed E-state index contributed by atoms with van der Waals surface area (Å²) in [6.45, 7) is 4.78. The Kier molecular flexibility index (Phi) is 6.20. The van der Waals surface area contributed by atoms with Crippen molar-refractivity contribution in [2.45, 2.75) is 25.9 Å². The standard InChI is InChI=1S/C20H24N2O4/c1-2-17-13-25-10-9-22(17)12-16-11-15(18-5-3-4-8-21-18)6-7-19(16)26-14-20(23)24/h3-8,11,17H,2,9-10,12-14H2,1H3,(H,23,24). The van der Waals surface area contributed by atoms with Gasteiger partial charge in [-0.05, 0) is 36.8 Å². The lowest BCUT2D eigenvalue weighted by molar-refractivity contribution is -0.139. The van der Waals surface area contributed by atoms with Gasteiger partial charge >= 0.3 is 5.97 Å². The minimum Gasteiger partial charge on any atom is -0.482 e. The van der Waals surface area contributed by atoms with Crippen molar-refractivity contribution in [3.05, 3.63) is 48.2 Å². The number of hydrogen-bond donors (Lipinski definition) is 1. The summed E-state index contributed by atoms with van der Waals surface area (Å²) in [5.41, 5.74) is 2.84. The topological polar surface area (TPSA) is 71.9 Å². The zero-order valence-electron chi connectivity index (χ0n) is 14.9. The van der Waals surface area contributed by atoms with Gasteiger partial charge < -0.3 is 14.6 Å². The highest BCUT2D eigenvalue weighted by Crippen LogP contribution is 2.28. The molecule has 1 saturated heterocycles. The molecule has 6 nitrogen and oxygen atoms in total. The van der Waals surface area contributed by atoms with Crippen molar-refractivity contribution in [2.75, 3.05) is 26.4 Å². The monoisotopic (exact) mass is 356 g/mol. The Morgan fingerprint density at radius 1 is 1.38 bits per heavy atom. The maximum Gasteiger partial charge on any atom is 0.341 e. The zero-order valence-corrected chi connectivity index (χ0v) is 14.9. The van der Waals surface area contributed by atoms with Gasteiger partial charge in [-0.3, -0.25) is 9.88 Å². The average Bonchev–Trinajstić information content (AvgIpc) is 2.68. The number of pyridine rings is 1. The lowest BCUT2D eigenvalue weighted by Crippen LogP contribution is -2.44. The number of rotatable bonds is 7. The number of benzene rings is 1. The third-order valence-corrected chi connectivity index (χ3v) is 4.57. The van der Waals surface area contributed by atoms with E-state index < -0.39 is 5.97 Å². The van der Waals surface area contributed by atoms with Crippen molar-refractivity contribution in [1.29, 1.82) is 0 Å². The molecule has 1 atom stereocenters. The van der Waals surface area contributed by atoms with E-state index in [9.17, 15) is 4.79 Å². The highest BCUT2D eigenvalue weighted by molar-refractivity contribution is 5.69. The van der Waals surface area contributed by atoms with Gasteiger partial charge in [-0.15, -0.1) is 0 Å². The fraction of sp³-hybridized carbons (Fsp3) is 0.400. The summed E-state index contributed by atoms with van der Waals surface area (Å²) in [5.74, 6) is -0.379. The molecule has 26 heavy (non-hydrogen) atoms. The van der Waals surface area contributed by atoms with Gasteiger partial charge in [-0.25, -0.2) is 4.79 Å². The maximum absolute atomic E-state index is 10.9. The lowest BCUT2D eigenvalue weighted by Gasteiger charge is -2.35. The van der Waals surface area contributed by atoms with E-state index in [4.69, 9.17) is 14.6 Å². The largest absolute Gasteiger partial charge is 0.482 e. The van der Waals surface area contributed by atoms with E-state index >= 15 is 0 Å². The number of morpholine rings is 1. The third kappa shape index (κ3) is 4.59. The van der Waals surface area contributed by atoms with Crippen LogP contribution in [-0.2, 0) is 16.1 Å². The Morgan fingerprint density at radius 2 is 2.27 bits per heavy atom. The van der Waals surface area contributed by atoms with E-state index in [0.717, 1.165) is 36.4 Å². The smallest absolute Gasteiger partial charge is 0.341 e. The van der Waals surface area contributed by atoms with Crippen LogP contribution >= 0.6 is 0 Å². The number of hydrogen-bond acceptors (Lipinski definition) is 5. The molecule has 0 aliphatic carbocycles. The van der Waals surface area contributed by atoms with Crippen LogP contribution in [0.25, 0.3) is 11.3 Å². The summed E-state index contributed by atoms with van der Waals surface area (Å²) < 4.78 is 11.1. The maximum atomic E-state index is 10.9. The SMILES string of the molecule is CCC1COCCN1Cc1cc(-c2ccccn2)ccc1OCC(=O)O. The molecule has 1 N–H and O–H groups in total. The Hall–Kier alpha value is -2.44. The molecule has 0 bridgehead atoms. The molecule has 1 aliphatic rings. The molecule has 1 unspecified atom stereocenters. The van der Waals surface area contributed by atoms with E-state index in [1.807, 2.05) is 36.4 Å². The van der Waals surface area contributed by atoms with Gasteiger partial charge in [0.15, 0.2) is 6.61 Å². The zero-order chi connectivity index (χ0) is 18.4. The van der Waals surface area contributed by atoms with E-state index in [1.165, 1.54) is 0 Å². The van der Waals surface area contributed by atoms with Gasteiger partial charge in [0.05, 0.1) is 18.9 Å². The predicted octanol–water partition coefficient (Wildman–Crippen LogP) is 2.82. The fourth-order valence-corrected chi connectivity index (χ4v) is 3.17. The van der Waals surface area contributed by atoms with Crippen LogP contribution < -0.4 is 4.74 Å². The molecule has 0 amide bonds. The first kappa shape index (κ1) is 18.4. The quantitative estimate of drug-likeness (QED) is 0.822. The highest BCUT2D eigenvalue weighted by Gasteiger charge is 2.23.